The van der Waals surface area contributed by atoms with Gasteiger partial charge >= 0.3 is 0 Å². The molecule has 4 heteroatoms. The average molecular weight is 222 g/mol. The summed E-state index contributed by atoms with van der Waals surface area (Å²) in [7, 11) is 3.41. The molecule has 87 valence electrons. The normalized spacial score (nSPS) is 13.5. The number of nitro benzene ring substituents is 1. The van der Waals surface area contributed by atoms with Crippen LogP contribution in [0.3, 0.4) is 0 Å². The fraction of sp³-hybridized carbons (Fsp3) is 0.417. The molecule has 4 nitrogen and oxygen atoms in total. The van der Waals surface area contributed by atoms with Gasteiger partial charge in [0.05, 0.1) is 23.7 Å². The van der Waals surface area contributed by atoms with Crippen molar-refractivity contribution in [3.8, 4) is 0 Å². The maximum Gasteiger partial charge on any atom is 0.275 e. The highest BCUT2D eigenvalue weighted by Gasteiger charge is 2.31. The van der Waals surface area contributed by atoms with Gasteiger partial charge in [-0.05, 0) is 11.5 Å². The quantitative estimate of drug-likeness (QED) is 0.581. The Bertz CT molecular complexity index is 382. The SMILES string of the molecule is [CH2]OC(c1ccccc1[N+](=O)[O-])C(C)(C)C. The summed E-state index contributed by atoms with van der Waals surface area (Å²) in [6, 6.07) is 6.59. The van der Waals surface area contributed by atoms with Gasteiger partial charge < -0.3 is 4.74 Å². The van der Waals surface area contributed by atoms with E-state index in [2.05, 4.69) is 7.11 Å². The molecule has 0 N–H and O–H groups in total. The minimum Gasteiger partial charge on any atom is -0.370 e. The van der Waals surface area contributed by atoms with E-state index in [0.717, 1.165) is 0 Å². The Labute approximate surface area is 95.4 Å². The molecule has 16 heavy (non-hydrogen) atoms. The van der Waals surface area contributed by atoms with Crippen LogP contribution in [0.2, 0.25) is 0 Å². The van der Waals surface area contributed by atoms with E-state index >= 15 is 0 Å². The molecule has 0 amide bonds. The summed E-state index contributed by atoms with van der Waals surface area (Å²) < 4.78 is 5.14. The molecule has 1 unspecified atom stereocenters. The summed E-state index contributed by atoms with van der Waals surface area (Å²) in [6.45, 7) is 5.87. The van der Waals surface area contributed by atoms with Crippen LogP contribution >= 0.6 is 0 Å². The highest BCUT2D eigenvalue weighted by molar-refractivity contribution is 5.42. The number of rotatable bonds is 3. The highest BCUT2D eigenvalue weighted by atomic mass is 16.6. The number of nitro groups is 1. The minimum absolute atomic E-state index is 0.0751. The lowest BCUT2D eigenvalue weighted by Gasteiger charge is -2.29. The Hall–Kier alpha value is -1.42. The topological polar surface area (TPSA) is 52.4 Å². The molecule has 0 saturated heterocycles. The monoisotopic (exact) mass is 222 g/mol. The van der Waals surface area contributed by atoms with Crippen LogP contribution in [-0.4, -0.2) is 4.92 Å². The van der Waals surface area contributed by atoms with Gasteiger partial charge in [-0.2, -0.15) is 0 Å². The molecule has 1 aromatic carbocycles. The Morgan fingerprint density at radius 3 is 2.38 bits per heavy atom. The van der Waals surface area contributed by atoms with Gasteiger partial charge in [0.25, 0.3) is 5.69 Å². The van der Waals surface area contributed by atoms with E-state index in [0.29, 0.717) is 5.56 Å². The van der Waals surface area contributed by atoms with E-state index in [4.69, 9.17) is 4.74 Å². The zero-order valence-corrected chi connectivity index (χ0v) is 9.77. The molecule has 1 radical (unpaired) electrons. The first-order valence-corrected chi connectivity index (χ1v) is 5.02. The molecule has 1 rings (SSSR count). The molecule has 1 atom stereocenters. The predicted octanol–water partition coefficient (Wildman–Crippen LogP) is 3.49. The van der Waals surface area contributed by atoms with Crippen molar-refractivity contribution >= 4 is 5.69 Å². The van der Waals surface area contributed by atoms with E-state index in [1.807, 2.05) is 20.8 Å². The summed E-state index contributed by atoms with van der Waals surface area (Å²) in [5.41, 5.74) is 0.398. The summed E-state index contributed by atoms with van der Waals surface area (Å²) >= 11 is 0. The van der Waals surface area contributed by atoms with E-state index in [1.54, 1.807) is 18.2 Å². The minimum atomic E-state index is -0.396. The van der Waals surface area contributed by atoms with Crippen LogP contribution in [0.5, 0.6) is 0 Å². The summed E-state index contributed by atoms with van der Waals surface area (Å²) in [5.74, 6) is 0. The number of ether oxygens (including phenoxy) is 1. The Kier molecular flexibility index (Phi) is 3.65. The van der Waals surface area contributed by atoms with Crippen molar-refractivity contribution in [2.45, 2.75) is 26.9 Å². The van der Waals surface area contributed by atoms with Crippen molar-refractivity contribution in [1.82, 2.24) is 0 Å². The Balaban J connectivity index is 3.25. The van der Waals surface area contributed by atoms with Crippen LogP contribution in [0.15, 0.2) is 24.3 Å². The summed E-state index contributed by atoms with van der Waals surface area (Å²) in [5, 5.41) is 10.9. The zero-order valence-electron chi connectivity index (χ0n) is 9.77. The van der Waals surface area contributed by atoms with Crippen molar-refractivity contribution in [2.75, 3.05) is 0 Å². The number of hydrogen-bond donors (Lipinski definition) is 0. The third-order valence-electron chi connectivity index (χ3n) is 2.37. The maximum absolute atomic E-state index is 10.9. The maximum atomic E-state index is 10.9. The fourth-order valence-electron chi connectivity index (χ4n) is 1.68. The lowest BCUT2D eigenvalue weighted by atomic mass is 9.84. The lowest BCUT2D eigenvalue weighted by molar-refractivity contribution is -0.386. The smallest absolute Gasteiger partial charge is 0.275 e. The number of nitrogens with zero attached hydrogens (tertiary/aromatic N) is 1. The van der Waals surface area contributed by atoms with Crippen LogP contribution in [0, 0.1) is 22.6 Å². The van der Waals surface area contributed by atoms with Gasteiger partial charge in [0.1, 0.15) is 0 Å². The molecule has 1 aromatic rings. The first-order valence-electron chi connectivity index (χ1n) is 5.02. The van der Waals surface area contributed by atoms with Crippen molar-refractivity contribution in [2.24, 2.45) is 5.41 Å². The molecule has 0 saturated carbocycles. The van der Waals surface area contributed by atoms with Crippen LogP contribution < -0.4 is 0 Å². The average Bonchev–Trinajstić information content (AvgIpc) is 2.17. The second-order valence-corrected chi connectivity index (χ2v) is 4.73. The van der Waals surface area contributed by atoms with Crippen LogP contribution in [0.25, 0.3) is 0 Å². The van der Waals surface area contributed by atoms with Crippen LogP contribution in [0.1, 0.15) is 32.4 Å². The van der Waals surface area contributed by atoms with Crippen LogP contribution in [0.4, 0.5) is 5.69 Å². The van der Waals surface area contributed by atoms with Crippen molar-refractivity contribution < 1.29 is 9.66 Å². The van der Waals surface area contributed by atoms with E-state index in [9.17, 15) is 10.1 Å². The molecular formula is C12H16NO3. The summed E-state index contributed by atoms with van der Waals surface area (Å²) in [6.07, 6.45) is -0.394. The standard InChI is InChI=1S/C12H16NO3/c1-12(2,3)11(16-4)9-7-5-6-8-10(9)13(14)15/h5-8,11H,4H2,1-3H3. The fourth-order valence-corrected chi connectivity index (χ4v) is 1.68. The van der Waals surface area contributed by atoms with E-state index in [-0.39, 0.29) is 11.1 Å². The van der Waals surface area contributed by atoms with Gasteiger partial charge in [0.15, 0.2) is 0 Å². The predicted molar refractivity (Wildman–Crippen MR) is 61.7 cm³/mol. The third kappa shape index (κ3) is 2.58. The summed E-state index contributed by atoms with van der Waals surface area (Å²) in [4.78, 5) is 10.5. The Morgan fingerprint density at radius 2 is 1.94 bits per heavy atom. The van der Waals surface area contributed by atoms with Crippen molar-refractivity contribution in [3.05, 3.63) is 47.1 Å². The zero-order chi connectivity index (χ0) is 12.3. The Morgan fingerprint density at radius 1 is 1.38 bits per heavy atom. The highest BCUT2D eigenvalue weighted by Crippen LogP contribution is 2.39. The molecular weight excluding hydrogens is 206 g/mol. The largest absolute Gasteiger partial charge is 0.370 e. The van der Waals surface area contributed by atoms with Crippen LogP contribution in [-0.2, 0) is 4.74 Å². The third-order valence-corrected chi connectivity index (χ3v) is 2.37. The molecule has 0 aliphatic carbocycles. The van der Waals surface area contributed by atoms with Gasteiger partial charge in [-0.25, -0.2) is 0 Å². The molecule has 0 aromatic heterocycles. The van der Waals surface area contributed by atoms with Crippen molar-refractivity contribution in [1.29, 1.82) is 0 Å². The molecule has 0 fully saturated rings. The number of hydrogen-bond acceptors (Lipinski definition) is 3. The second kappa shape index (κ2) is 4.61. The first kappa shape index (κ1) is 12.6. The van der Waals surface area contributed by atoms with Gasteiger partial charge in [-0.15, -0.1) is 0 Å². The van der Waals surface area contributed by atoms with E-state index < -0.39 is 11.0 Å². The molecule has 0 aliphatic rings. The van der Waals surface area contributed by atoms with E-state index in [1.165, 1.54) is 6.07 Å². The van der Waals surface area contributed by atoms with Gasteiger partial charge in [0, 0.05) is 6.07 Å². The molecule has 0 spiro atoms. The first-order chi connectivity index (χ1) is 7.38. The molecule has 0 bridgehead atoms. The molecule has 0 heterocycles. The van der Waals surface area contributed by atoms with Gasteiger partial charge in [-0.3, -0.25) is 10.1 Å². The second-order valence-electron chi connectivity index (χ2n) is 4.73. The van der Waals surface area contributed by atoms with Gasteiger partial charge in [0.2, 0.25) is 0 Å². The number of benzene rings is 1. The molecule has 0 aliphatic heterocycles. The lowest BCUT2D eigenvalue weighted by Crippen LogP contribution is -2.20. The number of para-hydroxylation sites is 1. The van der Waals surface area contributed by atoms with Gasteiger partial charge in [-0.1, -0.05) is 32.9 Å². The van der Waals surface area contributed by atoms with Crippen molar-refractivity contribution in [3.63, 3.8) is 0 Å².